The quantitative estimate of drug-likeness (QED) is 0.428. The molecule has 0 spiro atoms. The molecule has 2 aliphatic carbocycles. The van der Waals surface area contributed by atoms with Gasteiger partial charge in [0.1, 0.15) is 0 Å². The molecule has 0 amide bonds. The van der Waals surface area contributed by atoms with Crippen molar-refractivity contribution in [2.24, 2.45) is 11.8 Å². The molecule has 1 saturated carbocycles. The number of rotatable bonds is 0. The van der Waals surface area contributed by atoms with Crippen molar-refractivity contribution in [2.45, 2.75) is 19.3 Å². The van der Waals surface area contributed by atoms with Gasteiger partial charge in [-0.15, -0.1) is 0 Å². The van der Waals surface area contributed by atoms with E-state index in [1.807, 2.05) is 0 Å². The van der Waals surface area contributed by atoms with Crippen molar-refractivity contribution in [3.63, 3.8) is 0 Å². The number of hydrogen-bond donors (Lipinski definition) is 0. The summed E-state index contributed by atoms with van der Waals surface area (Å²) in [5, 5.41) is 0. The monoisotopic (exact) mass is 93.1 g/mol. The lowest BCUT2D eigenvalue weighted by Gasteiger charge is -1.96. The summed E-state index contributed by atoms with van der Waals surface area (Å²) < 4.78 is 0. The van der Waals surface area contributed by atoms with Crippen molar-refractivity contribution < 1.29 is 0 Å². The third-order valence-corrected chi connectivity index (χ3v) is 2.04. The van der Waals surface area contributed by atoms with Gasteiger partial charge in [0.25, 0.3) is 0 Å². The van der Waals surface area contributed by atoms with Crippen molar-refractivity contribution >= 4 is 0 Å². The van der Waals surface area contributed by atoms with Crippen LogP contribution in [0.2, 0.25) is 0 Å². The van der Waals surface area contributed by atoms with Crippen LogP contribution >= 0.6 is 0 Å². The predicted octanol–water partition coefficient (Wildman–Crippen LogP) is 1.78. The molecule has 0 aromatic carbocycles. The number of hydrogen-bond acceptors (Lipinski definition) is 0. The van der Waals surface area contributed by atoms with Gasteiger partial charge in [0, 0.05) is 0 Å². The minimum absolute atomic E-state index is 0.866. The highest BCUT2D eigenvalue weighted by Gasteiger charge is 2.25. The molecule has 0 aromatic rings. The minimum Gasteiger partial charge on any atom is -0.0776 e. The molecular weight excluding hydrogens is 84.1 g/mol. The van der Waals surface area contributed by atoms with Crippen LogP contribution < -0.4 is 0 Å². The van der Waals surface area contributed by atoms with Crippen LogP contribution in [-0.2, 0) is 0 Å². The van der Waals surface area contributed by atoms with Gasteiger partial charge in [0.2, 0.25) is 0 Å². The largest absolute Gasteiger partial charge is 0.0776 e. The van der Waals surface area contributed by atoms with Crippen LogP contribution in [0.1, 0.15) is 19.3 Å². The lowest BCUT2D eigenvalue weighted by Crippen LogP contribution is -1.83. The van der Waals surface area contributed by atoms with Crippen LogP contribution in [0, 0.1) is 17.9 Å². The Hall–Kier alpha value is -0.260. The molecular formula is C7H9. The molecule has 0 aliphatic heterocycles. The van der Waals surface area contributed by atoms with E-state index in [1.165, 1.54) is 19.3 Å². The van der Waals surface area contributed by atoms with Gasteiger partial charge in [-0.3, -0.25) is 0 Å². The van der Waals surface area contributed by atoms with E-state index in [4.69, 9.17) is 0 Å². The van der Waals surface area contributed by atoms with Crippen LogP contribution in [0.3, 0.4) is 0 Å². The lowest BCUT2D eigenvalue weighted by molar-refractivity contribution is 0.679. The summed E-state index contributed by atoms with van der Waals surface area (Å²) >= 11 is 0. The Kier molecular flexibility index (Phi) is 0.592. The van der Waals surface area contributed by atoms with Crippen molar-refractivity contribution in [1.29, 1.82) is 0 Å². The van der Waals surface area contributed by atoms with E-state index < -0.39 is 0 Å². The second kappa shape index (κ2) is 1.12. The zero-order valence-corrected chi connectivity index (χ0v) is 4.35. The fraction of sp³-hybridized carbons (Fsp3) is 0.714. The highest BCUT2D eigenvalue weighted by atomic mass is 14.3. The third-order valence-electron chi connectivity index (χ3n) is 2.04. The van der Waals surface area contributed by atoms with Gasteiger partial charge in [-0.1, -0.05) is 6.08 Å². The van der Waals surface area contributed by atoms with Gasteiger partial charge in [0.05, 0.1) is 0 Å². The topological polar surface area (TPSA) is 0 Å². The van der Waals surface area contributed by atoms with E-state index in [1.54, 1.807) is 0 Å². The van der Waals surface area contributed by atoms with Gasteiger partial charge < -0.3 is 0 Å². The zero-order valence-electron chi connectivity index (χ0n) is 4.35. The van der Waals surface area contributed by atoms with E-state index in [9.17, 15) is 0 Å². The molecule has 7 heavy (non-hydrogen) atoms. The number of fused-ring (bicyclic) bond motifs is 2. The molecule has 0 aromatic heterocycles. The Balaban J connectivity index is 2.27. The van der Waals surface area contributed by atoms with E-state index >= 15 is 0 Å². The molecule has 2 bridgehead atoms. The maximum Gasteiger partial charge on any atom is -0.0156 e. The summed E-state index contributed by atoms with van der Waals surface area (Å²) in [4.78, 5) is 0. The highest BCUT2D eigenvalue weighted by Crippen LogP contribution is 2.37. The summed E-state index contributed by atoms with van der Waals surface area (Å²) in [6.07, 6.45) is 9.87. The Morgan fingerprint density at radius 2 is 2.43 bits per heavy atom. The van der Waals surface area contributed by atoms with Gasteiger partial charge in [-0.2, -0.15) is 0 Å². The zero-order chi connectivity index (χ0) is 4.69. The normalized spacial score (nSPS) is 45.7. The maximum atomic E-state index is 3.33. The first kappa shape index (κ1) is 3.71. The van der Waals surface area contributed by atoms with Gasteiger partial charge >= 0.3 is 0 Å². The molecule has 0 nitrogen and oxygen atoms in total. The average Bonchev–Trinajstić information content (AvgIpc) is 2.22. The van der Waals surface area contributed by atoms with E-state index in [0.29, 0.717) is 0 Å². The molecule has 37 valence electrons. The van der Waals surface area contributed by atoms with Crippen molar-refractivity contribution in [1.82, 2.24) is 0 Å². The molecule has 0 heterocycles. The smallest absolute Gasteiger partial charge is 0.0156 e. The predicted molar refractivity (Wildman–Crippen MR) is 28.6 cm³/mol. The van der Waals surface area contributed by atoms with Crippen LogP contribution in [0.25, 0.3) is 0 Å². The first-order valence-corrected chi connectivity index (χ1v) is 3.04. The summed E-state index contributed by atoms with van der Waals surface area (Å²) in [5.41, 5.74) is 0. The highest BCUT2D eigenvalue weighted by molar-refractivity contribution is 5.01. The van der Waals surface area contributed by atoms with Crippen molar-refractivity contribution in [2.75, 3.05) is 0 Å². The second-order valence-electron chi connectivity index (χ2n) is 2.60. The molecule has 0 saturated heterocycles. The summed E-state index contributed by atoms with van der Waals surface area (Å²) in [5.74, 6) is 1.80. The molecule has 2 aliphatic rings. The van der Waals surface area contributed by atoms with Crippen LogP contribution in [0.4, 0.5) is 0 Å². The SMILES string of the molecule is [C]1=CC2CCC1C2. The second-order valence-corrected chi connectivity index (χ2v) is 2.60. The fourth-order valence-corrected chi connectivity index (χ4v) is 1.59. The number of allylic oxidation sites excluding steroid dienone is 2. The van der Waals surface area contributed by atoms with Gasteiger partial charge in [0.15, 0.2) is 0 Å². The third kappa shape index (κ3) is 0.425. The van der Waals surface area contributed by atoms with Gasteiger partial charge in [-0.25, -0.2) is 0 Å². The maximum absolute atomic E-state index is 3.33. The van der Waals surface area contributed by atoms with Gasteiger partial charge in [-0.05, 0) is 37.2 Å². The molecule has 2 unspecified atom stereocenters. The van der Waals surface area contributed by atoms with Crippen LogP contribution in [-0.4, -0.2) is 0 Å². The van der Waals surface area contributed by atoms with Crippen molar-refractivity contribution in [3.05, 3.63) is 12.2 Å². The molecule has 1 fully saturated rings. The van der Waals surface area contributed by atoms with Crippen LogP contribution in [0.5, 0.6) is 0 Å². The first-order chi connectivity index (χ1) is 3.45. The van der Waals surface area contributed by atoms with E-state index in [2.05, 4.69) is 12.2 Å². The average molecular weight is 93.1 g/mol. The Morgan fingerprint density at radius 3 is 2.57 bits per heavy atom. The Labute approximate surface area is 44.2 Å². The molecule has 1 radical (unpaired) electrons. The van der Waals surface area contributed by atoms with Crippen molar-refractivity contribution in [3.8, 4) is 0 Å². The summed E-state index contributed by atoms with van der Waals surface area (Å²) in [6.45, 7) is 0. The van der Waals surface area contributed by atoms with Crippen LogP contribution in [0.15, 0.2) is 6.08 Å². The minimum atomic E-state index is 0.866. The standard InChI is InChI=1S/C7H9/c1-2-7-4-3-6(1)5-7/h1,6-7H,3-5H2. The molecule has 0 N–H and O–H groups in total. The Morgan fingerprint density at radius 1 is 1.43 bits per heavy atom. The summed E-state index contributed by atoms with van der Waals surface area (Å²) in [7, 11) is 0. The molecule has 0 heteroatoms. The van der Waals surface area contributed by atoms with E-state index in [0.717, 1.165) is 11.8 Å². The lowest BCUT2D eigenvalue weighted by atomic mass is 10.1. The molecule has 2 atom stereocenters. The molecule has 2 rings (SSSR count). The van der Waals surface area contributed by atoms with E-state index in [-0.39, 0.29) is 0 Å². The first-order valence-electron chi connectivity index (χ1n) is 3.04. The fourth-order valence-electron chi connectivity index (χ4n) is 1.59. The summed E-state index contributed by atoms with van der Waals surface area (Å²) in [6, 6.07) is 0. The Bertz CT molecular complexity index is 90.6.